The molecular formula is C15H23NO2. The number of aryl methyl sites for hydroxylation is 1. The Kier molecular flexibility index (Phi) is 5.35. The maximum absolute atomic E-state index is 11.6. The molecule has 0 aliphatic heterocycles. The fourth-order valence-electron chi connectivity index (χ4n) is 1.52. The molecule has 18 heavy (non-hydrogen) atoms. The zero-order valence-corrected chi connectivity index (χ0v) is 11.7. The number of rotatable bonds is 5. The highest BCUT2D eigenvalue weighted by Gasteiger charge is 2.12. The average Bonchev–Trinajstić information content (AvgIpc) is 2.29. The standard InChI is InChI=1S/C15H23NO2/c1-5-6-12-7-9-13(10-8-12)16-14(17)11-18-15(2,3)4/h7-10H,5-6,11H2,1-4H3,(H,16,17). The number of hydrogen-bond acceptors (Lipinski definition) is 2. The number of nitrogens with one attached hydrogen (secondary N) is 1. The number of amides is 1. The van der Waals surface area contributed by atoms with E-state index in [9.17, 15) is 4.79 Å². The van der Waals surface area contributed by atoms with Crippen LogP contribution in [0, 0.1) is 0 Å². The molecule has 1 rings (SSSR count). The highest BCUT2D eigenvalue weighted by Crippen LogP contribution is 2.11. The van der Waals surface area contributed by atoms with Gasteiger partial charge in [0.25, 0.3) is 0 Å². The molecule has 1 aromatic carbocycles. The van der Waals surface area contributed by atoms with Crippen molar-refractivity contribution in [1.29, 1.82) is 0 Å². The third kappa shape index (κ3) is 5.82. The van der Waals surface area contributed by atoms with Crippen LogP contribution in [0.25, 0.3) is 0 Å². The summed E-state index contributed by atoms with van der Waals surface area (Å²) in [6, 6.07) is 7.95. The van der Waals surface area contributed by atoms with Crippen LogP contribution in [0.15, 0.2) is 24.3 Å². The Hall–Kier alpha value is -1.35. The quantitative estimate of drug-likeness (QED) is 0.868. The minimum Gasteiger partial charge on any atom is -0.366 e. The molecule has 0 unspecified atom stereocenters. The van der Waals surface area contributed by atoms with Crippen molar-refractivity contribution < 1.29 is 9.53 Å². The van der Waals surface area contributed by atoms with Crippen molar-refractivity contribution in [2.75, 3.05) is 11.9 Å². The van der Waals surface area contributed by atoms with E-state index < -0.39 is 0 Å². The van der Waals surface area contributed by atoms with Gasteiger partial charge in [-0.25, -0.2) is 0 Å². The van der Waals surface area contributed by atoms with Gasteiger partial charge in [-0.2, -0.15) is 0 Å². The summed E-state index contributed by atoms with van der Waals surface area (Å²) in [7, 11) is 0. The topological polar surface area (TPSA) is 38.3 Å². The summed E-state index contributed by atoms with van der Waals surface area (Å²) in [5.74, 6) is -0.117. The first-order valence-corrected chi connectivity index (χ1v) is 6.43. The molecule has 0 heterocycles. The summed E-state index contributed by atoms with van der Waals surface area (Å²) < 4.78 is 5.41. The first kappa shape index (κ1) is 14.7. The number of carbonyl (C=O) groups excluding carboxylic acids is 1. The third-order valence-corrected chi connectivity index (χ3v) is 2.41. The van der Waals surface area contributed by atoms with Gasteiger partial charge in [0.05, 0.1) is 5.60 Å². The van der Waals surface area contributed by atoms with E-state index in [1.807, 2.05) is 45.0 Å². The summed E-state index contributed by atoms with van der Waals surface area (Å²) in [6.45, 7) is 8.03. The van der Waals surface area contributed by atoms with Crippen LogP contribution in [0.3, 0.4) is 0 Å². The van der Waals surface area contributed by atoms with Crippen molar-refractivity contribution in [2.24, 2.45) is 0 Å². The van der Waals surface area contributed by atoms with Gasteiger partial charge < -0.3 is 10.1 Å². The summed E-state index contributed by atoms with van der Waals surface area (Å²) in [5, 5.41) is 2.82. The summed E-state index contributed by atoms with van der Waals surface area (Å²) in [4.78, 5) is 11.6. The van der Waals surface area contributed by atoms with Crippen molar-refractivity contribution in [2.45, 2.75) is 46.1 Å². The molecule has 0 radical (unpaired) electrons. The number of carbonyl (C=O) groups is 1. The van der Waals surface area contributed by atoms with Gasteiger partial charge in [-0.15, -0.1) is 0 Å². The van der Waals surface area contributed by atoms with Crippen LogP contribution in [0.4, 0.5) is 5.69 Å². The molecule has 1 aromatic rings. The Morgan fingerprint density at radius 1 is 1.22 bits per heavy atom. The lowest BCUT2D eigenvalue weighted by Crippen LogP contribution is -2.27. The predicted molar refractivity (Wildman–Crippen MR) is 74.8 cm³/mol. The molecule has 0 saturated carbocycles. The van der Waals surface area contributed by atoms with Crippen LogP contribution < -0.4 is 5.32 Å². The van der Waals surface area contributed by atoms with E-state index >= 15 is 0 Å². The molecule has 0 bridgehead atoms. The zero-order chi connectivity index (χ0) is 13.6. The van der Waals surface area contributed by atoms with E-state index in [0.29, 0.717) is 0 Å². The molecule has 0 aromatic heterocycles. The predicted octanol–water partition coefficient (Wildman–Crippen LogP) is 3.39. The van der Waals surface area contributed by atoms with Crippen LogP contribution >= 0.6 is 0 Å². The molecule has 0 saturated heterocycles. The maximum atomic E-state index is 11.6. The Labute approximate surface area is 110 Å². The van der Waals surface area contributed by atoms with Crippen LogP contribution in [0.1, 0.15) is 39.7 Å². The van der Waals surface area contributed by atoms with Crippen molar-refractivity contribution >= 4 is 11.6 Å². The van der Waals surface area contributed by atoms with Crippen molar-refractivity contribution in [3.05, 3.63) is 29.8 Å². The monoisotopic (exact) mass is 249 g/mol. The minimum atomic E-state index is -0.289. The van der Waals surface area contributed by atoms with Gasteiger partial charge in [-0.05, 0) is 44.9 Å². The van der Waals surface area contributed by atoms with E-state index in [2.05, 4.69) is 12.2 Å². The van der Waals surface area contributed by atoms with E-state index in [4.69, 9.17) is 4.74 Å². The molecule has 100 valence electrons. The lowest BCUT2D eigenvalue weighted by atomic mass is 10.1. The number of benzene rings is 1. The van der Waals surface area contributed by atoms with E-state index in [0.717, 1.165) is 18.5 Å². The second-order valence-electron chi connectivity index (χ2n) is 5.40. The van der Waals surface area contributed by atoms with Crippen molar-refractivity contribution in [3.8, 4) is 0 Å². The number of ether oxygens (including phenoxy) is 1. The van der Waals surface area contributed by atoms with Gasteiger partial charge in [0.2, 0.25) is 5.91 Å². The first-order valence-electron chi connectivity index (χ1n) is 6.43. The smallest absolute Gasteiger partial charge is 0.250 e. The molecule has 0 fully saturated rings. The third-order valence-electron chi connectivity index (χ3n) is 2.41. The highest BCUT2D eigenvalue weighted by molar-refractivity contribution is 5.91. The molecule has 1 N–H and O–H groups in total. The Morgan fingerprint density at radius 3 is 2.33 bits per heavy atom. The highest BCUT2D eigenvalue weighted by atomic mass is 16.5. The minimum absolute atomic E-state index is 0.0835. The second-order valence-corrected chi connectivity index (χ2v) is 5.40. The van der Waals surface area contributed by atoms with Gasteiger partial charge >= 0.3 is 0 Å². The Balaban J connectivity index is 2.44. The Morgan fingerprint density at radius 2 is 1.83 bits per heavy atom. The fraction of sp³-hybridized carbons (Fsp3) is 0.533. The first-order chi connectivity index (χ1) is 8.40. The van der Waals surface area contributed by atoms with Crippen LogP contribution in [0.5, 0.6) is 0 Å². The summed E-state index contributed by atoms with van der Waals surface area (Å²) in [6.07, 6.45) is 2.20. The van der Waals surface area contributed by atoms with Gasteiger partial charge in [0, 0.05) is 5.69 Å². The maximum Gasteiger partial charge on any atom is 0.250 e. The molecule has 0 aliphatic rings. The lowest BCUT2D eigenvalue weighted by molar-refractivity contribution is -0.125. The molecule has 3 nitrogen and oxygen atoms in total. The van der Waals surface area contributed by atoms with E-state index in [1.165, 1.54) is 5.56 Å². The van der Waals surface area contributed by atoms with Gasteiger partial charge in [-0.1, -0.05) is 25.5 Å². The lowest BCUT2D eigenvalue weighted by Gasteiger charge is -2.19. The van der Waals surface area contributed by atoms with Gasteiger partial charge in [0.1, 0.15) is 6.61 Å². The van der Waals surface area contributed by atoms with Crippen molar-refractivity contribution in [1.82, 2.24) is 0 Å². The number of hydrogen-bond donors (Lipinski definition) is 1. The zero-order valence-electron chi connectivity index (χ0n) is 11.7. The molecule has 1 amide bonds. The normalized spacial score (nSPS) is 11.3. The van der Waals surface area contributed by atoms with Gasteiger partial charge in [-0.3, -0.25) is 4.79 Å². The molecular weight excluding hydrogens is 226 g/mol. The summed E-state index contributed by atoms with van der Waals surface area (Å²) in [5.41, 5.74) is 1.82. The van der Waals surface area contributed by atoms with Crippen molar-refractivity contribution in [3.63, 3.8) is 0 Å². The van der Waals surface area contributed by atoms with Crippen LogP contribution in [-0.2, 0) is 16.0 Å². The summed E-state index contributed by atoms with van der Waals surface area (Å²) >= 11 is 0. The molecule has 0 spiro atoms. The Bertz CT molecular complexity index is 376. The SMILES string of the molecule is CCCc1ccc(NC(=O)COC(C)(C)C)cc1. The molecule has 0 aliphatic carbocycles. The largest absolute Gasteiger partial charge is 0.366 e. The van der Waals surface area contributed by atoms with Gasteiger partial charge in [0.15, 0.2) is 0 Å². The van der Waals surface area contributed by atoms with Crippen LogP contribution in [-0.4, -0.2) is 18.1 Å². The molecule has 3 heteroatoms. The van der Waals surface area contributed by atoms with E-state index in [-0.39, 0.29) is 18.1 Å². The van der Waals surface area contributed by atoms with Crippen LogP contribution in [0.2, 0.25) is 0 Å². The second kappa shape index (κ2) is 6.55. The average molecular weight is 249 g/mol. The van der Waals surface area contributed by atoms with E-state index in [1.54, 1.807) is 0 Å². The fourth-order valence-corrected chi connectivity index (χ4v) is 1.52. The molecule has 0 atom stereocenters. The number of anilines is 1.